The first-order chi connectivity index (χ1) is 12.7. The Kier molecular flexibility index (Phi) is 4.59. The highest BCUT2D eigenvalue weighted by Crippen LogP contribution is 2.30. The lowest BCUT2D eigenvalue weighted by Gasteiger charge is -2.20. The maximum atomic E-state index is 11.4. The van der Waals surface area contributed by atoms with Crippen molar-refractivity contribution in [1.82, 2.24) is 5.32 Å². The fourth-order valence-corrected chi connectivity index (χ4v) is 3.66. The van der Waals surface area contributed by atoms with Gasteiger partial charge in [0.25, 0.3) is 0 Å². The fraction of sp³-hybridized carbons (Fsp3) is 0.227. The molecule has 2 N–H and O–H groups in total. The minimum atomic E-state index is 0.0356. The number of nitrogens with one attached hydrogen (secondary N) is 1. The monoisotopic (exact) mass is 346 g/mol. The van der Waals surface area contributed by atoms with Gasteiger partial charge in [-0.2, -0.15) is 0 Å². The predicted molar refractivity (Wildman–Crippen MR) is 105 cm³/mol. The van der Waals surface area contributed by atoms with Gasteiger partial charge in [0.2, 0.25) is 0 Å². The average molecular weight is 346 g/mol. The Balaban J connectivity index is 1.49. The van der Waals surface area contributed by atoms with Crippen LogP contribution in [0.2, 0.25) is 0 Å². The summed E-state index contributed by atoms with van der Waals surface area (Å²) in [7, 11) is 0. The molecule has 1 unspecified atom stereocenters. The third-order valence-corrected chi connectivity index (χ3v) is 5.13. The van der Waals surface area contributed by atoms with E-state index in [9.17, 15) is 9.90 Å². The second-order valence-electron chi connectivity index (χ2n) is 6.82. The number of fused-ring (bicyclic) bond motifs is 1. The first kappa shape index (κ1) is 16.6. The summed E-state index contributed by atoms with van der Waals surface area (Å²) in [6, 6.07) is 20.4. The van der Waals surface area contributed by atoms with Crippen LogP contribution in [0.3, 0.4) is 0 Å². The number of aromatic hydroxyl groups is 1. The van der Waals surface area contributed by atoms with Gasteiger partial charge >= 0.3 is 0 Å². The van der Waals surface area contributed by atoms with Crippen LogP contribution >= 0.6 is 0 Å². The van der Waals surface area contributed by atoms with Crippen LogP contribution in [0.5, 0.6) is 5.75 Å². The summed E-state index contributed by atoms with van der Waals surface area (Å²) in [5.41, 5.74) is 2.75. The molecule has 3 aromatic carbocycles. The van der Waals surface area contributed by atoms with E-state index in [1.807, 2.05) is 24.3 Å². The number of carbonyl (C=O) groups is 1. The molecule has 0 aliphatic carbocycles. The maximum absolute atomic E-state index is 11.4. The largest absolute Gasteiger partial charge is 0.507 e. The maximum Gasteiger partial charge on any atom is 0.154 e. The molecule has 0 aromatic heterocycles. The molecule has 0 radical (unpaired) electrons. The summed E-state index contributed by atoms with van der Waals surface area (Å²) in [6.07, 6.45) is 1.82. The van der Waals surface area contributed by atoms with Crippen molar-refractivity contribution in [2.75, 3.05) is 18.0 Å². The number of phenolic OH excluding ortho intramolecular Hbond substituents is 1. The van der Waals surface area contributed by atoms with Crippen LogP contribution in [0.1, 0.15) is 22.3 Å². The molecule has 0 bridgehead atoms. The zero-order valence-corrected chi connectivity index (χ0v) is 14.6. The van der Waals surface area contributed by atoms with Gasteiger partial charge in [0.15, 0.2) is 6.29 Å². The SMILES string of the molecule is O=Cc1c(O)ccc2ccc(N3CCC(NCc4ccccc4)C3)cc12. The third kappa shape index (κ3) is 3.28. The topological polar surface area (TPSA) is 52.6 Å². The van der Waals surface area contributed by atoms with Crippen molar-refractivity contribution in [1.29, 1.82) is 0 Å². The Morgan fingerprint density at radius 2 is 1.92 bits per heavy atom. The van der Waals surface area contributed by atoms with Gasteiger partial charge in [-0.15, -0.1) is 0 Å². The molecule has 3 aromatic rings. The van der Waals surface area contributed by atoms with Gasteiger partial charge in [-0.3, -0.25) is 4.79 Å². The molecule has 0 amide bonds. The van der Waals surface area contributed by atoms with Crippen LogP contribution in [-0.4, -0.2) is 30.5 Å². The van der Waals surface area contributed by atoms with Crippen molar-refractivity contribution < 1.29 is 9.90 Å². The lowest BCUT2D eigenvalue weighted by atomic mass is 10.0. The molecule has 1 fully saturated rings. The quantitative estimate of drug-likeness (QED) is 0.691. The van der Waals surface area contributed by atoms with Crippen LogP contribution in [0, 0.1) is 0 Å². The predicted octanol–water partition coefficient (Wildman–Crippen LogP) is 3.73. The number of nitrogens with zero attached hydrogens (tertiary/aromatic N) is 1. The van der Waals surface area contributed by atoms with E-state index in [0.717, 1.165) is 48.8 Å². The zero-order chi connectivity index (χ0) is 17.9. The number of aldehydes is 1. The molecule has 1 saturated heterocycles. The summed E-state index contributed by atoms with van der Waals surface area (Å²) in [5, 5.41) is 15.3. The number of carbonyl (C=O) groups excluding carboxylic acids is 1. The van der Waals surface area contributed by atoms with Gasteiger partial charge < -0.3 is 15.3 Å². The van der Waals surface area contributed by atoms with Crippen molar-refractivity contribution in [3.05, 3.63) is 71.8 Å². The first-order valence-corrected chi connectivity index (χ1v) is 8.98. The molecule has 4 rings (SSSR count). The Bertz CT molecular complexity index is 924. The molecule has 0 spiro atoms. The molecule has 132 valence electrons. The molecule has 1 aliphatic heterocycles. The van der Waals surface area contributed by atoms with E-state index in [4.69, 9.17) is 0 Å². The number of phenols is 1. The molecule has 0 saturated carbocycles. The van der Waals surface area contributed by atoms with E-state index < -0.39 is 0 Å². The summed E-state index contributed by atoms with van der Waals surface area (Å²) >= 11 is 0. The summed E-state index contributed by atoms with van der Waals surface area (Å²) in [5.74, 6) is 0.0356. The highest BCUT2D eigenvalue weighted by atomic mass is 16.3. The van der Waals surface area contributed by atoms with Crippen molar-refractivity contribution in [3.8, 4) is 5.75 Å². The van der Waals surface area contributed by atoms with E-state index in [1.54, 1.807) is 6.07 Å². The second-order valence-corrected chi connectivity index (χ2v) is 6.82. The van der Waals surface area contributed by atoms with E-state index in [2.05, 4.69) is 40.5 Å². The van der Waals surface area contributed by atoms with E-state index in [-0.39, 0.29) is 5.75 Å². The smallest absolute Gasteiger partial charge is 0.154 e. The van der Waals surface area contributed by atoms with Crippen LogP contribution in [0.4, 0.5) is 5.69 Å². The van der Waals surface area contributed by atoms with Crippen LogP contribution in [-0.2, 0) is 6.54 Å². The van der Waals surface area contributed by atoms with Crippen molar-refractivity contribution >= 4 is 22.7 Å². The molecule has 4 nitrogen and oxygen atoms in total. The lowest BCUT2D eigenvalue weighted by molar-refractivity contribution is 0.112. The molecule has 26 heavy (non-hydrogen) atoms. The minimum Gasteiger partial charge on any atom is -0.507 e. The Morgan fingerprint density at radius 3 is 2.73 bits per heavy atom. The van der Waals surface area contributed by atoms with E-state index >= 15 is 0 Å². The number of hydrogen-bond donors (Lipinski definition) is 2. The summed E-state index contributed by atoms with van der Waals surface area (Å²) < 4.78 is 0. The minimum absolute atomic E-state index is 0.0356. The molecule has 1 atom stereocenters. The van der Waals surface area contributed by atoms with Gasteiger partial charge in [0, 0.05) is 31.4 Å². The van der Waals surface area contributed by atoms with Crippen LogP contribution in [0.25, 0.3) is 10.8 Å². The van der Waals surface area contributed by atoms with Gasteiger partial charge in [0.1, 0.15) is 5.75 Å². The van der Waals surface area contributed by atoms with Crippen molar-refractivity contribution in [2.24, 2.45) is 0 Å². The number of anilines is 1. The van der Waals surface area contributed by atoms with Gasteiger partial charge in [-0.25, -0.2) is 0 Å². The highest BCUT2D eigenvalue weighted by Gasteiger charge is 2.22. The van der Waals surface area contributed by atoms with Crippen LogP contribution in [0.15, 0.2) is 60.7 Å². The molecular weight excluding hydrogens is 324 g/mol. The van der Waals surface area contributed by atoms with Crippen LogP contribution < -0.4 is 10.2 Å². The standard InChI is InChI=1S/C22H22N2O2/c25-15-21-20-12-19(8-6-17(20)7-9-22(21)26)24-11-10-18(14-24)23-13-16-4-2-1-3-5-16/h1-9,12,15,18,23,26H,10-11,13-14H2. The molecule has 4 heteroatoms. The number of hydrogen-bond acceptors (Lipinski definition) is 4. The van der Waals surface area contributed by atoms with Gasteiger partial charge in [-0.1, -0.05) is 42.5 Å². The van der Waals surface area contributed by atoms with E-state index in [1.165, 1.54) is 5.56 Å². The highest BCUT2D eigenvalue weighted by molar-refractivity contribution is 6.02. The average Bonchev–Trinajstić information content (AvgIpc) is 3.16. The number of rotatable bonds is 5. The number of benzene rings is 3. The van der Waals surface area contributed by atoms with E-state index in [0.29, 0.717) is 11.6 Å². The van der Waals surface area contributed by atoms with Crippen molar-refractivity contribution in [2.45, 2.75) is 19.0 Å². The van der Waals surface area contributed by atoms with Gasteiger partial charge in [-0.05, 0) is 41.0 Å². The summed E-state index contributed by atoms with van der Waals surface area (Å²) in [4.78, 5) is 13.7. The Morgan fingerprint density at radius 1 is 1.12 bits per heavy atom. The second kappa shape index (κ2) is 7.18. The van der Waals surface area contributed by atoms with Crippen molar-refractivity contribution in [3.63, 3.8) is 0 Å². The summed E-state index contributed by atoms with van der Waals surface area (Å²) in [6.45, 7) is 2.79. The Labute approximate surface area is 153 Å². The lowest BCUT2D eigenvalue weighted by Crippen LogP contribution is -2.32. The van der Waals surface area contributed by atoms with Gasteiger partial charge in [0.05, 0.1) is 5.56 Å². The molecule has 1 aliphatic rings. The Hall–Kier alpha value is -2.85. The first-order valence-electron chi connectivity index (χ1n) is 8.98. The molecule has 1 heterocycles. The fourth-order valence-electron chi connectivity index (χ4n) is 3.66. The molecular formula is C22H22N2O2. The third-order valence-electron chi connectivity index (χ3n) is 5.13. The normalized spacial score (nSPS) is 16.9. The zero-order valence-electron chi connectivity index (χ0n) is 14.6.